The van der Waals surface area contributed by atoms with Crippen molar-refractivity contribution in [1.82, 2.24) is 30.7 Å². The van der Waals surface area contributed by atoms with Gasteiger partial charge in [-0.25, -0.2) is 0 Å². The first-order valence-corrected chi connectivity index (χ1v) is 37.7. The van der Waals surface area contributed by atoms with Gasteiger partial charge in [0.2, 0.25) is 17.7 Å². The Labute approximate surface area is 652 Å². The van der Waals surface area contributed by atoms with Crippen LogP contribution in [0.3, 0.4) is 0 Å². The number of carbonyl (C=O) groups is 3. The number of benzene rings is 6. The van der Waals surface area contributed by atoms with Crippen LogP contribution >= 0.6 is 0 Å². The maximum absolute atomic E-state index is 13.4. The second-order valence-electron chi connectivity index (χ2n) is 29.9. The van der Waals surface area contributed by atoms with E-state index in [9.17, 15) is 102 Å². The van der Waals surface area contributed by atoms with Gasteiger partial charge in [-0.3, -0.25) is 33.3 Å². The third-order valence-corrected chi connectivity index (χ3v) is 22.4. The number of amides is 3. The van der Waals surface area contributed by atoms with Gasteiger partial charge in [-0.2, -0.15) is 87.4 Å². The standard InChI is InChI=1S/C26H28F6N2O5S.2C25H25F6N5O2/c1-17(18-10-20(25(27,28)29)12-21(11-18)26(30,31)32)38-16-24(19-6-4-3-5-7-19)9-8-23(15-39-40(2,36)37)14-34(24)13-22(35)33-23;2*1-16(17-9-19(24(26,27)28)11-20(10-17)25(29,30)31)38-15-23(18-5-3-2-4-6-18)8-7-22(13-33-35-32)14-36(23)12-21(37)34-22/h3-7,10-12,17H,8-9,13-16H2,1-2H3,(H,33,35);2*2-6,9-11,16H,7-8,12-15H2,1H3,(H,34,37)/t17-,23-,24-;2*16-,22+,23-/m111/s1. The zero-order chi connectivity index (χ0) is 85.1. The molecule has 3 N–H and O–H groups in total. The van der Waals surface area contributed by atoms with Gasteiger partial charge in [0.05, 0.1) is 150 Å². The second kappa shape index (κ2) is 34.0. The number of alkyl halides is 18. The summed E-state index contributed by atoms with van der Waals surface area (Å²) >= 11 is 0. The number of nitrogens with one attached hydrogen (secondary N) is 3. The molecule has 12 atom stereocenters. The highest BCUT2D eigenvalue weighted by atomic mass is 32.2. The highest BCUT2D eigenvalue weighted by molar-refractivity contribution is 7.86. The molecule has 6 aliphatic heterocycles. The molecule has 0 aliphatic carbocycles. The molecule has 0 radical (unpaired) electrons. The van der Waals surface area contributed by atoms with E-state index < -0.39 is 132 Å². The molecule has 6 aliphatic rings. The van der Waals surface area contributed by atoms with Crippen molar-refractivity contribution < 1.29 is 120 Å². The summed E-state index contributed by atoms with van der Waals surface area (Å²) in [7, 11) is -3.80. The number of hydrogen-bond acceptors (Lipinski definition) is 14. The quantitative estimate of drug-likeness (QED) is 0.0188. The SMILES string of the molecule is C[C@@H](OC[C@@]1(c2ccccc2)CC[C@]2(CN=[N+]=[N-])CN1CC(=O)N2)c1cc(C(F)(F)F)cc(C(F)(F)F)c1.C[C@@H](OC[C@@]1(c2ccccc2)CC[C@]2(CN=[N+]=[N-])CN1CC(=O)N2)c1cc(C(F)(F)F)cc(C(F)(F)F)c1.C[C@@H](OC[C@@]1(c2ccccc2)CC[C@]2(COS(C)(=O)=O)CN1CC(=O)N2)c1cc(C(F)(F)F)cc(C(F)(F)F)c1. The molecule has 3 unspecified atom stereocenters. The number of carbonyl (C=O) groups excluding carboxylic acids is 3. The van der Waals surface area contributed by atoms with Crippen molar-refractivity contribution in [2.24, 2.45) is 10.2 Å². The number of azide groups is 2. The Bertz CT molecular complexity index is 4450. The predicted octanol–water partition coefficient (Wildman–Crippen LogP) is 16.6. The monoisotopic (exact) mass is 1680 g/mol. The Kier molecular flexibility index (Phi) is 26.1. The molecule has 6 saturated heterocycles. The van der Waals surface area contributed by atoms with Gasteiger partial charge in [0.15, 0.2) is 0 Å². The molecular weight excluding hydrogens is 1600 g/mol. The molecule has 0 saturated carbocycles. The van der Waals surface area contributed by atoms with E-state index in [0.29, 0.717) is 81.6 Å². The Hall–Kier alpha value is -9.24. The maximum Gasteiger partial charge on any atom is 0.416 e. The van der Waals surface area contributed by atoms with Crippen LogP contribution in [0.5, 0.6) is 0 Å². The minimum absolute atomic E-state index is 0.00751. The predicted molar refractivity (Wildman–Crippen MR) is 381 cm³/mol. The maximum atomic E-state index is 13.4. The summed E-state index contributed by atoms with van der Waals surface area (Å²) in [6.07, 6.45) is -30.1. The zero-order valence-electron chi connectivity index (χ0n) is 62.2. The third kappa shape index (κ3) is 20.8. The molecule has 40 heteroatoms. The summed E-state index contributed by atoms with van der Waals surface area (Å²) in [6, 6.07) is 31.2. The average Bonchev–Trinajstić information content (AvgIpc) is 0.741. The summed E-state index contributed by atoms with van der Waals surface area (Å²) < 4.78 is 287. The van der Waals surface area contributed by atoms with Crippen molar-refractivity contribution in [2.45, 2.75) is 148 Å². The molecule has 6 fully saturated rings. The summed E-state index contributed by atoms with van der Waals surface area (Å²) in [5, 5.41) is 16.0. The van der Waals surface area contributed by atoms with Crippen LogP contribution in [0.1, 0.15) is 144 Å². The molecule has 0 spiro atoms. The van der Waals surface area contributed by atoms with Crippen LogP contribution in [0.25, 0.3) is 20.9 Å². The Morgan fingerprint density at radius 2 is 0.638 bits per heavy atom. The van der Waals surface area contributed by atoms with Crippen molar-refractivity contribution in [3.05, 3.63) is 233 Å². The molecule has 6 heterocycles. The normalized spacial score (nSPS) is 26.3. The number of halogens is 18. The minimum Gasteiger partial charge on any atom is -0.372 e. The average molecular weight is 1680 g/mol. The largest absolute Gasteiger partial charge is 0.416 e. The van der Waals surface area contributed by atoms with Crippen LogP contribution in [0.15, 0.2) is 156 Å². The van der Waals surface area contributed by atoms with Gasteiger partial charge >= 0.3 is 37.1 Å². The lowest BCUT2D eigenvalue weighted by Gasteiger charge is -2.56. The summed E-state index contributed by atoms with van der Waals surface area (Å²) in [5.41, 5.74) is 5.24. The van der Waals surface area contributed by atoms with Gasteiger partial charge < -0.3 is 30.2 Å². The van der Waals surface area contributed by atoms with E-state index in [1.807, 2.05) is 34.1 Å². The molecule has 6 aromatic carbocycles. The van der Waals surface area contributed by atoms with Crippen LogP contribution < -0.4 is 16.0 Å². The fourth-order valence-corrected chi connectivity index (χ4v) is 16.2. The summed E-state index contributed by atoms with van der Waals surface area (Å²) in [6.45, 7) is 4.32. The van der Waals surface area contributed by atoms with Crippen LogP contribution in [0.4, 0.5) is 79.0 Å². The fourth-order valence-electron chi connectivity index (χ4n) is 15.8. The van der Waals surface area contributed by atoms with Crippen molar-refractivity contribution >= 4 is 27.8 Å². The van der Waals surface area contributed by atoms with Gasteiger partial charge in [-0.15, -0.1) is 0 Å². The number of hydrogen-bond donors (Lipinski definition) is 3. The minimum atomic E-state index is -5.00. The van der Waals surface area contributed by atoms with Gasteiger partial charge in [0, 0.05) is 29.5 Å². The van der Waals surface area contributed by atoms with E-state index in [0.717, 1.165) is 22.9 Å². The number of piperazine rings is 3. The molecule has 21 nitrogen and oxygen atoms in total. The van der Waals surface area contributed by atoms with Crippen LogP contribution in [0.2, 0.25) is 0 Å². The second-order valence-corrected chi connectivity index (χ2v) is 31.5. The summed E-state index contributed by atoms with van der Waals surface area (Å²) in [4.78, 5) is 49.2. The van der Waals surface area contributed by atoms with E-state index in [-0.39, 0.29) is 125 Å². The lowest BCUT2D eigenvalue weighted by Crippen LogP contribution is -2.73. The smallest absolute Gasteiger partial charge is 0.372 e. The molecule has 3 amide bonds. The van der Waals surface area contributed by atoms with Gasteiger partial charge in [-0.05, 0) is 158 Å². The number of rotatable bonds is 22. The first-order valence-electron chi connectivity index (χ1n) is 35.9. The molecule has 628 valence electrons. The van der Waals surface area contributed by atoms with Gasteiger partial charge in [0.1, 0.15) is 0 Å². The van der Waals surface area contributed by atoms with E-state index in [1.54, 1.807) is 71.6 Å². The first kappa shape index (κ1) is 89.1. The molecule has 12 rings (SSSR count). The van der Waals surface area contributed by atoms with E-state index in [4.69, 9.17) is 29.5 Å². The Balaban J connectivity index is 0.000000184. The lowest BCUT2D eigenvalue weighted by molar-refractivity contribution is -0.147. The first-order chi connectivity index (χ1) is 54.0. The van der Waals surface area contributed by atoms with Gasteiger partial charge in [0.25, 0.3) is 10.1 Å². The van der Waals surface area contributed by atoms with Crippen molar-refractivity contribution in [2.75, 3.05) is 85.0 Å². The summed E-state index contributed by atoms with van der Waals surface area (Å²) in [5.74, 6) is -0.959. The molecule has 0 aromatic heterocycles. The fraction of sp³-hybridized carbons (Fsp3) is 0.487. The van der Waals surface area contributed by atoms with Crippen molar-refractivity contribution in [3.63, 3.8) is 0 Å². The van der Waals surface area contributed by atoms with E-state index >= 15 is 0 Å². The van der Waals surface area contributed by atoms with Crippen LogP contribution in [0, 0.1) is 0 Å². The number of nitrogens with zero attached hydrogens (tertiary/aromatic N) is 9. The number of ether oxygens (including phenoxy) is 3. The van der Waals surface area contributed by atoms with Crippen molar-refractivity contribution in [1.29, 1.82) is 0 Å². The number of fused-ring (bicyclic) bond motifs is 6. The third-order valence-electron chi connectivity index (χ3n) is 21.9. The Morgan fingerprint density at radius 3 is 0.879 bits per heavy atom. The topological polar surface area (TPSA) is 266 Å². The highest BCUT2D eigenvalue weighted by Crippen LogP contribution is 2.50. The highest BCUT2D eigenvalue weighted by Gasteiger charge is 2.57. The number of piperidine rings is 3. The van der Waals surface area contributed by atoms with Crippen molar-refractivity contribution in [3.8, 4) is 0 Å². The zero-order valence-corrected chi connectivity index (χ0v) is 63.0. The van der Waals surface area contributed by atoms with Crippen LogP contribution in [-0.2, 0) is 96.6 Å². The Morgan fingerprint density at radius 1 is 0.397 bits per heavy atom. The molecule has 6 bridgehead atoms. The lowest BCUT2D eigenvalue weighted by atomic mass is 9.73. The molecular formula is C76H78F18N12O9S. The molecule has 6 aromatic rings. The molecule has 116 heavy (non-hydrogen) atoms. The van der Waals surface area contributed by atoms with Gasteiger partial charge in [-0.1, -0.05) is 101 Å². The van der Waals surface area contributed by atoms with Crippen LogP contribution in [-0.4, -0.2) is 142 Å². The van der Waals surface area contributed by atoms with E-state index in [1.165, 1.54) is 20.8 Å². The van der Waals surface area contributed by atoms with E-state index in [2.05, 4.69) is 36.0 Å².